The highest BCUT2D eigenvalue weighted by atomic mass is 16.5. The molecule has 2 heteroatoms. The Morgan fingerprint density at radius 1 is 1.64 bits per heavy atom. The fraction of sp³-hybridized carbons (Fsp3) is 0.222. The molecule has 0 radical (unpaired) electrons. The maximum atomic E-state index is 10.8. The summed E-state index contributed by atoms with van der Waals surface area (Å²) in [5.41, 5.74) is 0.531. The third-order valence-corrected chi connectivity index (χ3v) is 1.58. The molecule has 0 bridgehead atoms. The van der Waals surface area contributed by atoms with Crippen LogP contribution in [0.1, 0.15) is 0 Å². The van der Waals surface area contributed by atoms with Gasteiger partial charge in [0.05, 0.1) is 0 Å². The van der Waals surface area contributed by atoms with Crippen molar-refractivity contribution in [3.8, 4) is 0 Å². The molecule has 1 heterocycles. The van der Waals surface area contributed by atoms with Gasteiger partial charge in [0.1, 0.15) is 6.61 Å². The number of carbonyl (C=O) groups is 1. The quantitative estimate of drug-likeness (QED) is 0.338. The van der Waals surface area contributed by atoms with Crippen molar-refractivity contribution in [1.82, 2.24) is 0 Å². The van der Waals surface area contributed by atoms with Gasteiger partial charge in [-0.2, -0.15) is 0 Å². The molecule has 0 aliphatic carbocycles. The van der Waals surface area contributed by atoms with Crippen molar-refractivity contribution in [1.29, 1.82) is 0 Å². The van der Waals surface area contributed by atoms with Gasteiger partial charge in [0, 0.05) is 11.5 Å². The molecular formula is C9H10O2. The van der Waals surface area contributed by atoms with E-state index < -0.39 is 0 Å². The summed E-state index contributed by atoms with van der Waals surface area (Å²) in [6, 6.07) is 0. The number of esters is 1. The fourth-order valence-electron chi connectivity index (χ4n) is 0.895. The van der Waals surface area contributed by atoms with Crippen LogP contribution in [0, 0.1) is 5.92 Å². The van der Waals surface area contributed by atoms with Crippen molar-refractivity contribution < 1.29 is 9.53 Å². The molecule has 0 aromatic heterocycles. The Morgan fingerprint density at radius 3 is 2.82 bits per heavy atom. The summed E-state index contributed by atoms with van der Waals surface area (Å²) in [5.74, 6) is -0.246. The van der Waals surface area contributed by atoms with Gasteiger partial charge in [-0.1, -0.05) is 31.4 Å². The zero-order chi connectivity index (χ0) is 8.27. The number of hydrogen-bond acceptors (Lipinski definition) is 2. The first-order chi connectivity index (χ1) is 5.25. The Kier molecular flexibility index (Phi) is 2.26. The molecule has 1 unspecified atom stereocenters. The van der Waals surface area contributed by atoms with E-state index in [1.807, 2.05) is 6.08 Å². The highest BCUT2D eigenvalue weighted by Crippen LogP contribution is 2.20. The van der Waals surface area contributed by atoms with Crippen molar-refractivity contribution in [2.45, 2.75) is 0 Å². The summed E-state index contributed by atoms with van der Waals surface area (Å²) in [6.07, 6.45) is 5.31. The average Bonchev–Trinajstić information content (AvgIpc) is 2.31. The number of cyclic esters (lactones) is 1. The predicted octanol–water partition coefficient (Wildman–Crippen LogP) is 1.46. The van der Waals surface area contributed by atoms with E-state index in [4.69, 9.17) is 4.74 Å². The third-order valence-electron chi connectivity index (χ3n) is 1.58. The van der Waals surface area contributed by atoms with Gasteiger partial charge in [-0.15, -0.1) is 0 Å². The highest BCUT2D eigenvalue weighted by molar-refractivity contribution is 5.90. The van der Waals surface area contributed by atoms with E-state index in [0.717, 1.165) is 0 Å². The molecule has 0 spiro atoms. The van der Waals surface area contributed by atoms with Gasteiger partial charge in [-0.3, -0.25) is 0 Å². The van der Waals surface area contributed by atoms with Crippen LogP contribution in [0.4, 0.5) is 0 Å². The lowest BCUT2D eigenvalue weighted by Gasteiger charge is -1.95. The second kappa shape index (κ2) is 3.19. The van der Waals surface area contributed by atoms with Crippen LogP contribution < -0.4 is 0 Å². The summed E-state index contributed by atoms with van der Waals surface area (Å²) >= 11 is 0. The summed E-state index contributed by atoms with van der Waals surface area (Å²) < 4.78 is 4.75. The van der Waals surface area contributed by atoms with Crippen LogP contribution in [0.15, 0.2) is 37.0 Å². The molecular weight excluding hydrogens is 140 g/mol. The Hall–Kier alpha value is -1.31. The monoisotopic (exact) mass is 150 g/mol. The molecule has 2 nitrogen and oxygen atoms in total. The molecule has 1 fully saturated rings. The molecule has 1 saturated heterocycles. The summed E-state index contributed by atoms with van der Waals surface area (Å²) in [6.45, 7) is 7.55. The summed E-state index contributed by atoms with van der Waals surface area (Å²) in [7, 11) is 0. The zero-order valence-corrected chi connectivity index (χ0v) is 6.25. The first-order valence-electron chi connectivity index (χ1n) is 3.41. The van der Waals surface area contributed by atoms with Gasteiger partial charge < -0.3 is 4.74 Å². The Morgan fingerprint density at radius 2 is 2.36 bits per heavy atom. The van der Waals surface area contributed by atoms with E-state index in [1.54, 1.807) is 12.2 Å². The maximum absolute atomic E-state index is 10.8. The zero-order valence-electron chi connectivity index (χ0n) is 6.25. The predicted molar refractivity (Wildman–Crippen MR) is 42.9 cm³/mol. The molecule has 0 amide bonds. The van der Waals surface area contributed by atoms with E-state index in [0.29, 0.717) is 12.2 Å². The molecule has 0 saturated carbocycles. The van der Waals surface area contributed by atoms with E-state index in [9.17, 15) is 4.79 Å². The number of ether oxygens (including phenoxy) is 1. The van der Waals surface area contributed by atoms with Crippen LogP contribution >= 0.6 is 0 Å². The second-order valence-electron chi connectivity index (χ2n) is 2.35. The van der Waals surface area contributed by atoms with Crippen LogP contribution in [-0.4, -0.2) is 12.6 Å². The van der Waals surface area contributed by atoms with Gasteiger partial charge in [0.25, 0.3) is 0 Å². The van der Waals surface area contributed by atoms with Crippen LogP contribution in [0.3, 0.4) is 0 Å². The van der Waals surface area contributed by atoms with Gasteiger partial charge in [-0.25, -0.2) is 4.79 Å². The summed E-state index contributed by atoms with van der Waals surface area (Å²) in [5, 5.41) is 0. The molecule has 1 aliphatic heterocycles. The van der Waals surface area contributed by atoms with Crippen LogP contribution in [-0.2, 0) is 9.53 Å². The number of rotatable bonds is 2. The molecule has 1 aliphatic rings. The molecule has 0 aromatic carbocycles. The molecule has 58 valence electrons. The van der Waals surface area contributed by atoms with Gasteiger partial charge in [0.15, 0.2) is 0 Å². The second-order valence-corrected chi connectivity index (χ2v) is 2.35. The van der Waals surface area contributed by atoms with Crippen molar-refractivity contribution in [3.05, 3.63) is 37.0 Å². The SMILES string of the molecule is C=CC=CC1COC(=O)C1=C. The molecule has 1 atom stereocenters. The van der Waals surface area contributed by atoms with E-state index in [2.05, 4.69) is 13.2 Å². The van der Waals surface area contributed by atoms with Crippen molar-refractivity contribution in [2.75, 3.05) is 6.61 Å². The Balaban J connectivity index is 2.62. The number of allylic oxidation sites excluding steroid dienone is 2. The van der Waals surface area contributed by atoms with E-state index in [1.165, 1.54) is 0 Å². The van der Waals surface area contributed by atoms with Crippen LogP contribution in [0.25, 0.3) is 0 Å². The lowest BCUT2D eigenvalue weighted by atomic mass is 10.0. The standard InChI is InChI=1S/C9H10O2/c1-3-4-5-8-6-11-9(10)7(8)2/h3-5,8H,1-2,6H2. The van der Waals surface area contributed by atoms with Gasteiger partial charge in [-0.05, 0) is 0 Å². The topological polar surface area (TPSA) is 26.3 Å². The Labute approximate surface area is 65.9 Å². The van der Waals surface area contributed by atoms with Gasteiger partial charge in [0.2, 0.25) is 0 Å². The lowest BCUT2D eigenvalue weighted by molar-refractivity contribution is -0.135. The average molecular weight is 150 g/mol. The molecule has 0 N–H and O–H groups in total. The Bertz CT molecular complexity index is 226. The van der Waals surface area contributed by atoms with Crippen LogP contribution in [0.2, 0.25) is 0 Å². The van der Waals surface area contributed by atoms with Crippen LogP contribution in [0.5, 0.6) is 0 Å². The first kappa shape index (κ1) is 7.79. The maximum Gasteiger partial charge on any atom is 0.334 e. The van der Waals surface area contributed by atoms with E-state index in [-0.39, 0.29) is 11.9 Å². The smallest absolute Gasteiger partial charge is 0.334 e. The fourth-order valence-corrected chi connectivity index (χ4v) is 0.895. The minimum Gasteiger partial charge on any atom is -0.461 e. The molecule has 1 rings (SSSR count). The molecule has 11 heavy (non-hydrogen) atoms. The molecule has 0 aromatic rings. The minimum atomic E-state index is -0.288. The van der Waals surface area contributed by atoms with Crippen molar-refractivity contribution in [3.63, 3.8) is 0 Å². The first-order valence-corrected chi connectivity index (χ1v) is 3.41. The van der Waals surface area contributed by atoms with Crippen molar-refractivity contribution >= 4 is 5.97 Å². The summed E-state index contributed by atoms with van der Waals surface area (Å²) in [4.78, 5) is 10.8. The van der Waals surface area contributed by atoms with Gasteiger partial charge >= 0.3 is 5.97 Å². The lowest BCUT2D eigenvalue weighted by Crippen LogP contribution is -1.97. The van der Waals surface area contributed by atoms with Crippen molar-refractivity contribution in [2.24, 2.45) is 5.92 Å². The van der Waals surface area contributed by atoms with E-state index >= 15 is 0 Å². The number of carbonyl (C=O) groups excluding carboxylic acids is 1. The largest absolute Gasteiger partial charge is 0.461 e. The highest BCUT2D eigenvalue weighted by Gasteiger charge is 2.25. The number of hydrogen-bond donors (Lipinski definition) is 0. The normalized spacial score (nSPS) is 24.2. The minimum absolute atomic E-state index is 0.0421. The third kappa shape index (κ3) is 1.58.